The van der Waals surface area contributed by atoms with Gasteiger partial charge in [0.25, 0.3) is 0 Å². The van der Waals surface area contributed by atoms with Crippen LogP contribution in [0.2, 0.25) is 10.0 Å². The van der Waals surface area contributed by atoms with Crippen LogP contribution in [0.4, 0.5) is 0 Å². The number of carbonyl (C=O) groups excluding carboxylic acids is 1. The second-order valence-corrected chi connectivity index (χ2v) is 10.0. The second kappa shape index (κ2) is 12.6. The van der Waals surface area contributed by atoms with Crippen molar-refractivity contribution < 1.29 is 44.2 Å². The van der Waals surface area contributed by atoms with Crippen molar-refractivity contribution in [1.82, 2.24) is 0 Å². The summed E-state index contributed by atoms with van der Waals surface area (Å²) in [6.07, 6.45) is 0. The minimum Gasteiger partial charge on any atom is -0.507 e. The van der Waals surface area contributed by atoms with E-state index in [1.54, 1.807) is 36.4 Å². The first kappa shape index (κ1) is 30.5. The van der Waals surface area contributed by atoms with Crippen LogP contribution in [-0.4, -0.2) is 54.6 Å². The van der Waals surface area contributed by atoms with E-state index in [0.29, 0.717) is 34.1 Å². The Labute approximate surface area is 252 Å². The number of rotatable bonds is 10. The number of hydrogen-bond acceptors (Lipinski definition) is 9. The van der Waals surface area contributed by atoms with Crippen LogP contribution in [-0.2, 0) is 4.79 Å². The maximum Gasteiger partial charge on any atom is 0.161 e. The molecule has 4 N–H and O–H groups in total. The lowest BCUT2D eigenvalue weighted by atomic mass is 9.76. The minimum atomic E-state index is -1.23. The highest BCUT2D eigenvalue weighted by molar-refractivity contribution is 6.32. The zero-order valence-electron chi connectivity index (χ0n) is 23.0. The Morgan fingerprint density at radius 1 is 0.548 bits per heavy atom. The van der Waals surface area contributed by atoms with E-state index in [2.05, 4.69) is 0 Å². The minimum absolute atomic E-state index is 0.0739. The van der Waals surface area contributed by atoms with Gasteiger partial charge in [-0.05, 0) is 47.5 Å². The van der Waals surface area contributed by atoms with Crippen molar-refractivity contribution in [1.29, 1.82) is 0 Å². The molecule has 2 unspecified atom stereocenters. The van der Waals surface area contributed by atoms with Gasteiger partial charge in [0.15, 0.2) is 28.8 Å². The summed E-state index contributed by atoms with van der Waals surface area (Å²) >= 11 is 12.5. The molecule has 0 bridgehead atoms. The molecule has 9 nitrogen and oxygen atoms in total. The number of halogens is 2. The van der Waals surface area contributed by atoms with Gasteiger partial charge >= 0.3 is 0 Å². The highest BCUT2D eigenvalue weighted by Crippen LogP contribution is 2.47. The Morgan fingerprint density at radius 2 is 0.905 bits per heavy atom. The van der Waals surface area contributed by atoms with E-state index in [1.807, 2.05) is 0 Å². The van der Waals surface area contributed by atoms with E-state index >= 15 is 0 Å². The van der Waals surface area contributed by atoms with Crippen LogP contribution in [0.3, 0.4) is 0 Å². The van der Waals surface area contributed by atoms with Crippen LogP contribution in [0.25, 0.3) is 0 Å². The molecule has 0 aliphatic carbocycles. The number of hydrogen-bond donors (Lipinski definition) is 4. The fraction of sp³-hybridized carbons (Fsp3) is 0.194. The first-order valence-corrected chi connectivity index (χ1v) is 13.2. The molecule has 0 saturated heterocycles. The largest absolute Gasteiger partial charge is 0.507 e. The third-order valence-electron chi connectivity index (χ3n) is 6.87. The molecule has 0 saturated carbocycles. The summed E-state index contributed by atoms with van der Waals surface area (Å²) in [7, 11) is 5.82. The van der Waals surface area contributed by atoms with E-state index in [1.165, 1.54) is 40.6 Å². The Kier molecular flexibility index (Phi) is 9.14. The van der Waals surface area contributed by atoms with Crippen molar-refractivity contribution >= 4 is 29.0 Å². The van der Waals surface area contributed by atoms with Crippen molar-refractivity contribution in [2.24, 2.45) is 0 Å². The van der Waals surface area contributed by atoms with Crippen LogP contribution in [0.1, 0.15) is 34.1 Å². The molecule has 0 aliphatic rings. The summed E-state index contributed by atoms with van der Waals surface area (Å²) in [5.74, 6) is -3.12. The molecule has 42 heavy (non-hydrogen) atoms. The molecule has 0 heterocycles. The SMILES string of the molecule is COc1ccc(C(C(=O)C(c2ccc(OC)c(OC)c2)c2cc(Cl)c(O)cc2O)c2cc(Cl)c(O)cc2O)cc1OC. The van der Waals surface area contributed by atoms with E-state index in [4.69, 9.17) is 42.1 Å². The smallest absolute Gasteiger partial charge is 0.161 e. The molecule has 11 heteroatoms. The number of aromatic hydroxyl groups is 4. The highest BCUT2D eigenvalue weighted by Gasteiger charge is 2.36. The molecule has 4 aromatic carbocycles. The van der Waals surface area contributed by atoms with Crippen molar-refractivity contribution in [3.63, 3.8) is 0 Å². The zero-order chi connectivity index (χ0) is 30.7. The average Bonchev–Trinajstić information content (AvgIpc) is 2.98. The van der Waals surface area contributed by atoms with Crippen LogP contribution < -0.4 is 18.9 Å². The van der Waals surface area contributed by atoms with Gasteiger partial charge in [-0.3, -0.25) is 4.79 Å². The third-order valence-corrected chi connectivity index (χ3v) is 7.47. The number of Topliss-reactive ketones (excluding diaryl/α,β-unsaturated/α-hetero) is 1. The number of ether oxygens (including phenoxy) is 4. The van der Waals surface area contributed by atoms with E-state index < -0.39 is 29.1 Å². The van der Waals surface area contributed by atoms with Crippen LogP contribution >= 0.6 is 23.2 Å². The first-order valence-electron chi connectivity index (χ1n) is 12.4. The van der Waals surface area contributed by atoms with Gasteiger partial charge in [0.05, 0.1) is 50.3 Å². The lowest BCUT2D eigenvalue weighted by molar-refractivity contribution is -0.120. The standard InChI is InChI=1S/C31H28Cl2O9/c1-39-25-7-5-15(9-27(25)41-3)29(17-11-19(32)23(36)13-21(17)34)31(38)30(18-12-20(33)24(37)14-22(18)35)16-6-8-26(40-2)28(10-16)42-4/h5-14,29-30,34-37H,1-4H3. The molecule has 0 fully saturated rings. The van der Waals surface area contributed by atoms with Crippen molar-refractivity contribution in [2.45, 2.75) is 11.8 Å². The summed E-state index contributed by atoms with van der Waals surface area (Å²) in [6.45, 7) is 0. The molecule has 4 aromatic rings. The fourth-order valence-corrected chi connectivity index (χ4v) is 5.16. The molecule has 4 rings (SSSR count). The molecule has 2 atom stereocenters. The van der Waals surface area contributed by atoms with Crippen molar-refractivity contribution in [2.75, 3.05) is 28.4 Å². The van der Waals surface area contributed by atoms with Gasteiger partial charge in [-0.25, -0.2) is 0 Å². The molecule has 0 aromatic heterocycles. The molecular formula is C31H28Cl2O9. The summed E-state index contributed by atoms with van der Waals surface area (Å²) < 4.78 is 21.7. The number of phenols is 4. The molecule has 0 aliphatic heterocycles. The van der Waals surface area contributed by atoms with Gasteiger partial charge in [0.1, 0.15) is 23.0 Å². The fourth-order valence-electron chi connectivity index (χ4n) is 4.82. The van der Waals surface area contributed by atoms with Crippen LogP contribution in [0, 0.1) is 0 Å². The summed E-state index contributed by atoms with van der Waals surface area (Å²) in [5.41, 5.74) is 0.906. The van der Waals surface area contributed by atoms with Gasteiger partial charge in [0.2, 0.25) is 0 Å². The Morgan fingerprint density at radius 3 is 1.24 bits per heavy atom. The van der Waals surface area contributed by atoms with E-state index in [0.717, 1.165) is 12.1 Å². The Hall–Kier alpha value is -4.47. The predicted octanol–water partition coefficient (Wildman–Crippen LogP) is 6.38. The second-order valence-electron chi connectivity index (χ2n) is 9.22. The molecule has 220 valence electrons. The normalized spacial score (nSPS) is 12.3. The average molecular weight is 615 g/mol. The van der Waals surface area contributed by atoms with Gasteiger partial charge in [-0.1, -0.05) is 35.3 Å². The maximum absolute atomic E-state index is 14.9. The first-order chi connectivity index (χ1) is 20.0. The van der Waals surface area contributed by atoms with Crippen LogP contribution in [0.5, 0.6) is 46.0 Å². The summed E-state index contributed by atoms with van der Waals surface area (Å²) in [4.78, 5) is 14.9. The molecule has 0 amide bonds. The number of ketones is 1. The van der Waals surface area contributed by atoms with Crippen molar-refractivity contribution in [3.05, 3.63) is 93.0 Å². The number of phenolic OH excluding ortho intramolecular Hbond substituents is 4. The third kappa shape index (κ3) is 5.79. The van der Waals surface area contributed by atoms with Gasteiger partial charge < -0.3 is 39.4 Å². The quantitative estimate of drug-likeness (QED) is 0.160. The zero-order valence-corrected chi connectivity index (χ0v) is 24.5. The maximum atomic E-state index is 14.9. The molecule has 0 spiro atoms. The number of carbonyl (C=O) groups is 1. The van der Waals surface area contributed by atoms with E-state index in [-0.39, 0.29) is 32.7 Å². The monoisotopic (exact) mass is 614 g/mol. The predicted molar refractivity (Wildman–Crippen MR) is 157 cm³/mol. The summed E-state index contributed by atoms with van der Waals surface area (Å²) in [5, 5.41) is 42.0. The number of methoxy groups -OCH3 is 4. The topological polar surface area (TPSA) is 135 Å². The molecule has 0 radical (unpaired) electrons. The van der Waals surface area contributed by atoms with E-state index in [9.17, 15) is 25.2 Å². The van der Waals surface area contributed by atoms with Crippen LogP contribution in [0.15, 0.2) is 60.7 Å². The number of benzene rings is 4. The Balaban J connectivity index is 2.05. The van der Waals surface area contributed by atoms with Gasteiger partial charge in [-0.15, -0.1) is 0 Å². The highest BCUT2D eigenvalue weighted by atomic mass is 35.5. The lowest BCUT2D eigenvalue weighted by Crippen LogP contribution is -2.23. The van der Waals surface area contributed by atoms with Crippen molar-refractivity contribution in [3.8, 4) is 46.0 Å². The lowest BCUT2D eigenvalue weighted by Gasteiger charge is -2.26. The van der Waals surface area contributed by atoms with Gasteiger partial charge in [-0.2, -0.15) is 0 Å². The molecular weight excluding hydrogens is 587 g/mol. The van der Waals surface area contributed by atoms with Gasteiger partial charge in [0, 0.05) is 23.3 Å². The Bertz CT molecular complexity index is 1520. The summed E-state index contributed by atoms with van der Waals surface area (Å²) in [6, 6.07) is 14.3.